The van der Waals surface area contributed by atoms with Crippen molar-refractivity contribution in [1.29, 1.82) is 0 Å². The Balaban J connectivity index is 3.82. The standard InChI is InChI=1S/C8H18N2O2/c1-3-5-6(9)7(11)8(12)10-4-2/h6-7,11H,3-5,9H2,1-2H3,(H,10,12)/t6-,7-/m0/s1. The number of nitrogens with two attached hydrogens (primary N) is 1. The van der Waals surface area contributed by atoms with Gasteiger partial charge in [0.2, 0.25) is 5.91 Å². The van der Waals surface area contributed by atoms with Gasteiger partial charge in [0.15, 0.2) is 0 Å². The predicted molar refractivity (Wildman–Crippen MR) is 47.6 cm³/mol. The number of aliphatic hydroxyl groups excluding tert-OH is 1. The molecular formula is C8H18N2O2. The number of rotatable bonds is 5. The largest absolute Gasteiger partial charge is 0.382 e. The van der Waals surface area contributed by atoms with Crippen molar-refractivity contribution in [3.63, 3.8) is 0 Å². The molecule has 1 amide bonds. The molecule has 0 saturated heterocycles. The Bertz CT molecular complexity index is 139. The second kappa shape index (κ2) is 5.97. The summed E-state index contributed by atoms with van der Waals surface area (Å²) in [5.41, 5.74) is 5.55. The van der Waals surface area contributed by atoms with Crippen molar-refractivity contribution in [3.05, 3.63) is 0 Å². The highest BCUT2D eigenvalue weighted by molar-refractivity contribution is 5.81. The van der Waals surface area contributed by atoms with E-state index in [1.807, 2.05) is 6.92 Å². The Labute approximate surface area is 73.1 Å². The number of nitrogens with one attached hydrogen (secondary N) is 1. The maximum absolute atomic E-state index is 11.0. The second-order valence-corrected chi connectivity index (χ2v) is 2.79. The van der Waals surface area contributed by atoms with Crippen molar-refractivity contribution in [2.24, 2.45) is 5.73 Å². The molecule has 0 rings (SSSR count). The lowest BCUT2D eigenvalue weighted by molar-refractivity contribution is -0.130. The van der Waals surface area contributed by atoms with Crippen molar-refractivity contribution in [3.8, 4) is 0 Å². The van der Waals surface area contributed by atoms with Gasteiger partial charge < -0.3 is 16.2 Å². The van der Waals surface area contributed by atoms with Crippen molar-refractivity contribution in [2.75, 3.05) is 6.54 Å². The minimum absolute atomic E-state index is 0.376. The SMILES string of the molecule is CCC[C@H](N)[C@H](O)C(=O)NCC. The minimum Gasteiger partial charge on any atom is -0.382 e. The molecule has 0 unspecified atom stereocenters. The van der Waals surface area contributed by atoms with Crippen molar-refractivity contribution >= 4 is 5.91 Å². The van der Waals surface area contributed by atoms with E-state index >= 15 is 0 Å². The summed E-state index contributed by atoms with van der Waals surface area (Å²) in [6.07, 6.45) is 0.473. The van der Waals surface area contributed by atoms with Crippen LogP contribution in [0.3, 0.4) is 0 Å². The quantitative estimate of drug-likeness (QED) is 0.531. The zero-order valence-electron chi connectivity index (χ0n) is 7.71. The van der Waals surface area contributed by atoms with E-state index in [4.69, 9.17) is 5.73 Å². The highest BCUT2D eigenvalue weighted by Crippen LogP contribution is 1.99. The summed E-state index contributed by atoms with van der Waals surface area (Å²) in [5.74, 6) is -0.376. The Morgan fingerprint density at radius 1 is 1.58 bits per heavy atom. The first kappa shape index (κ1) is 11.4. The van der Waals surface area contributed by atoms with Crippen LogP contribution in [0.25, 0.3) is 0 Å². The fraction of sp³-hybridized carbons (Fsp3) is 0.875. The second-order valence-electron chi connectivity index (χ2n) is 2.79. The maximum Gasteiger partial charge on any atom is 0.250 e. The van der Waals surface area contributed by atoms with Crippen LogP contribution in [0.1, 0.15) is 26.7 Å². The van der Waals surface area contributed by atoms with Gasteiger partial charge in [-0.2, -0.15) is 0 Å². The molecule has 72 valence electrons. The zero-order chi connectivity index (χ0) is 9.56. The molecule has 0 aromatic heterocycles. The van der Waals surface area contributed by atoms with Crippen LogP contribution in [0, 0.1) is 0 Å². The Morgan fingerprint density at radius 3 is 2.58 bits per heavy atom. The lowest BCUT2D eigenvalue weighted by Gasteiger charge is -2.16. The summed E-state index contributed by atoms with van der Waals surface area (Å²) in [5, 5.41) is 11.8. The van der Waals surface area contributed by atoms with Gasteiger partial charge in [0.1, 0.15) is 6.10 Å². The number of carbonyl (C=O) groups excluding carboxylic acids is 1. The fourth-order valence-electron chi connectivity index (χ4n) is 0.964. The van der Waals surface area contributed by atoms with Crippen LogP contribution in [0.15, 0.2) is 0 Å². The van der Waals surface area contributed by atoms with E-state index < -0.39 is 12.1 Å². The lowest BCUT2D eigenvalue weighted by Crippen LogP contribution is -2.46. The number of carbonyl (C=O) groups is 1. The fourth-order valence-corrected chi connectivity index (χ4v) is 0.964. The molecule has 4 heteroatoms. The molecule has 0 radical (unpaired) electrons. The topological polar surface area (TPSA) is 75.3 Å². The number of hydrogen-bond donors (Lipinski definition) is 3. The normalized spacial score (nSPS) is 15.3. The first-order valence-corrected chi connectivity index (χ1v) is 4.34. The molecule has 0 aromatic carbocycles. The van der Waals surface area contributed by atoms with Crippen molar-refractivity contribution in [1.82, 2.24) is 5.32 Å². The van der Waals surface area contributed by atoms with E-state index in [2.05, 4.69) is 5.32 Å². The molecule has 0 fully saturated rings. The molecule has 4 N–H and O–H groups in total. The van der Waals surface area contributed by atoms with Crippen LogP contribution >= 0.6 is 0 Å². The molecule has 12 heavy (non-hydrogen) atoms. The zero-order valence-corrected chi connectivity index (χ0v) is 7.71. The molecule has 0 heterocycles. The third-order valence-corrected chi connectivity index (χ3v) is 1.65. The molecule has 0 saturated carbocycles. The van der Waals surface area contributed by atoms with Crippen LogP contribution in [-0.2, 0) is 4.79 Å². The molecule has 0 aliphatic heterocycles. The highest BCUT2D eigenvalue weighted by Gasteiger charge is 2.20. The summed E-state index contributed by atoms with van der Waals surface area (Å²) < 4.78 is 0. The van der Waals surface area contributed by atoms with E-state index in [1.54, 1.807) is 6.92 Å². The van der Waals surface area contributed by atoms with E-state index in [0.717, 1.165) is 6.42 Å². The van der Waals surface area contributed by atoms with Gasteiger partial charge >= 0.3 is 0 Å². The Morgan fingerprint density at radius 2 is 2.17 bits per heavy atom. The third-order valence-electron chi connectivity index (χ3n) is 1.65. The van der Waals surface area contributed by atoms with Gasteiger partial charge in [-0.1, -0.05) is 13.3 Å². The van der Waals surface area contributed by atoms with Crippen molar-refractivity contribution < 1.29 is 9.90 Å². The van der Waals surface area contributed by atoms with Crippen LogP contribution in [0.4, 0.5) is 0 Å². The van der Waals surface area contributed by atoms with Gasteiger partial charge in [-0.25, -0.2) is 0 Å². The molecule has 2 atom stereocenters. The molecule has 0 bridgehead atoms. The van der Waals surface area contributed by atoms with Gasteiger partial charge in [-0.15, -0.1) is 0 Å². The summed E-state index contributed by atoms with van der Waals surface area (Å²) in [4.78, 5) is 11.0. The molecular weight excluding hydrogens is 156 g/mol. The maximum atomic E-state index is 11.0. The highest BCUT2D eigenvalue weighted by atomic mass is 16.3. The molecule has 0 aromatic rings. The number of aliphatic hydroxyl groups is 1. The third kappa shape index (κ3) is 3.69. The Kier molecular flexibility index (Phi) is 5.66. The Hall–Kier alpha value is -0.610. The number of hydrogen-bond acceptors (Lipinski definition) is 3. The first-order chi connectivity index (χ1) is 5.63. The van der Waals surface area contributed by atoms with Crippen LogP contribution in [0.5, 0.6) is 0 Å². The number of amides is 1. The lowest BCUT2D eigenvalue weighted by atomic mass is 10.1. The van der Waals surface area contributed by atoms with Gasteiger partial charge in [-0.3, -0.25) is 4.79 Å². The van der Waals surface area contributed by atoms with Crippen LogP contribution in [0.2, 0.25) is 0 Å². The van der Waals surface area contributed by atoms with E-state index in [0.29, 0.717) is 13.0 Å². The minimum atomic E-state index is -1.06. The predicted octanol–water partition coefficient (Wildman–Crippen LogP) is -0.389. The first-order valence-electron chi connectivity index (χ1n) is 4.34. The average molecular weight is 174 g/mol. The van der Waals surface area contributed by atoms with E-state index in [9.17, 15) is 9.90 Å². The van der Waals surface area contributed by atoms with E-state index in [-0.39, 0.29) is 5.91 Å². The van der Waals surface area contributed by atoms with Gasteiger partial charge in [0.25, 0.3) is 0 Å². The van der Waals surface area contributed by atoms with Gasteiger partial charge in [0, 0.05) is 12.6 Å². The molecule has 0 aliphatic carbocycles. The monoisotopic (exact) mass is 174 g/mol. The van der Waals surface area contributed by atoms with Crippen LogP contribution < -0.4 is 11.1 Å². The molecule has 0 aliphatic rings. The summed E-state index contributed by atoms with van der Waals surface area (Å²) in [7, 11) is 0. The summed E-state index contributed by atoms with van der Waals surface area (Å²) in [6.45, 7) is 4.29. The average Bonchev–Trinajstić information content (AvgIpc) is 2.04. The molecule has 4 nitrogen and oxygen atoms in total. The smallest absolute Gasteiger partial charge is 0.250 e. The number of likely N-dealkylation sites (N-methyl/N-ethyl adjacent to an activating group) is 1. The van der Waals surface area contributed by atoms with Crippen molar-refractivity contribution in [2.45, 2.75) is 38.8 Å². The van der Waals surface area contributed by atoms with Gasteiger partial charge in [0.05, 0.1) is 0 Å². The van der Waals surface area contributed by atoms with Crippen LogP contribution in [-0.4, -0.2) is 29.7 Å². The molecule has 0 spiro atoms. The summed E-state index contributed by atoms with van der Waals surface area (Å²) >= 11 is 0. The van der Waals surface area contributed by atoms with E-state index in [1.165, 1.54) is 0 Å². The van der Waals surface area contributed by atoms with Gasteiger partial charge in [-0.05, 0) is 13.3 Å². The summed E-state index contributed by atoms with van der Waals surface area (Å²) in [6, 6.07) is -0.443.